The third-order valence-electron chi connectivity index (χ3n) is 7.19. The van der Waals surface area contributed by atoms with Gasteiger partial charge in [0.1, 0.15) is 11.1 Å². The van der Waals surface area contributed by atoms with E-state index < -0.39 is 0 Å². The van der Waals surface area contributed by atoms with Crippen molar-refractivity contribution in [3.63, 3.8) is 0 Å². The zero-order chi connectivity index (χ0) is 24.0. The van der Waals surface area contributed by atoms with E-state index in [0.29, 0.717) is 18.0 Å². The fourth-order valence-electron chi connectivity index (χ4n) is 5.30. The topological polar surface area (TPSA) is 59.4 Å². The minimum absolute atomic E-state index is 0.0113. The Balaban J connectivity index is 1.14. The van der Waals surface area contributed by atoms with Crippen molar-refractivity contribution in [1.82, 2.24) is 9.80 Å². The van der Waals surface area contributed by atoms with Crippen molar-refractivity contribution in [2.24, 2.45) is 5.92 Å². The predicted octanol–water partition coefficient (Wildman–Crippen LogP) is 5.07. The van der Waals surface area contributed by atoms with Gasteiger partial charge in [0.25, 0.3) is 0 Å². The summed E-state index contributed by atoms with van der Waals surface area (Å²) in [6.45, 7) is 4.96. The SMILES string of the molecule is N#Cc1c(NC(=O)CN2CCC(Cc3ccccc3)CC2)sc2c1CCN(Cc1ccccc1)C2. The summed E-state index contributed by atoms with van der Waals surface area (Å²) in [5, 5.41) is 13.6. The molecular formula is C29H32N4OS. The molecule has 2 aliphatic rings. The maximum absolute atomic E-state index is 12.9. The van der Waals surface area contributed by atoms with Crippen LogP contribution in [0.3, 0.4) is 0 Å². The summed E-state index contributed by atoms with van der Waals surface area (Å²) in [4.78, 5) is 18.7. The normalized spacial score (nSPS) is 17.0. The molecule has 0 spiro atoms. The zero-order valence-electron chi connectivity index (χ0n) is 20.1. The lowest BCUT2D eigenvalue weighted by Crippen LogP contribution is -2.39. The van der Waals surface area contributed by atoms with Gasteiger partial charge >= 0.3 is 0 Å². The van der Waals surface area contributed by atoms with E-state index in [4.69, 9.17) is 0 Å². The van der Waals surface area contributed by atoms with E-state index in [-0.39, 0.29) is 5.91 Å². The fraction of sp³-hybridized carbons (Fsp3) is 0.379. The Bertz CT molecular complexity index is 1180. The molecule has 1 N–H and O–H groups in total. The highest BCUT2D eigenvalue weighted by Gasteiger charge is 2.26. The Hall–Kier alpha value is -2.98. The first-order valence-electron chi connectivity index (χ1n) is 12.5. The van der Waals surface area contributed by atoms with Crippen LogP contribution in [0.25, 0.3) is 0 Å². The van der Waals surface area contributed by atoms with Gasteiger partial charge in [-0.25, -0.2) is 0 Å². The molecule has 2 aliphatic heterocycles. The number of likely N-dealkylation sites (tertiary alicyclic amines) is 1. The van der Waals surface area contributed by atoms with E-state index >= 15 is 0 Å². The lowest BCUT2D eigenvalue weighted by atomic mass is 9.90. The van der Waals surface area contributed by atoms with Gasteiger partial charge in [-0.2, -0.15) is 5.26 Å². The molecule has 1 aromatic heterocycles. The molecule has 3 heterocycles. The lowest BCUT2D eigenvalue weighted by molar-refractivity contribution is -0.117. The number of nitriles is 1. The van der Waals surface area contributed by atoms with Crippen molar-refractivity contribution >= 4 is 22.2 Å². The molecule has 35 heavy (non-hydrogen) atoms. The highest BCUT2D eigenvalue weighted by Crippen LogP contribution is 2.37. The summed E-state index contributed by atoms with van der Waals surface area (Å²) in [5.41, 5.74) is 4.49. The average Bonchev–Trinajstić information content (AvgIpc) is 3.22. The van der Waals surface area contributed by atoms with E-state index in [1.54, 1.807) is 11.3 Å². The van der Waals surface area contributed by atoms with Crippen molar-refractivity contribution in [1.29, 1.82) is 5.26 Å². The van der Waals surface area contributed by atoms with Crippen molar-refractivity contribution in [2.45, 2.75) is 38.8 Å². The van der Waals surface area contributed by atoms with Gasteiger partial charge in [0.05, 0.1) is 12.1 Å². The van der Waals surface area contributed by atoms with Crippen LogP contribution in [0, 0.1) is 17.2 Å². The maximum Gasteiger partial charge on any atom is 0.239 e. The number of carbonyl (C=O) groups is 1. The number of piperidine rings is 1. The Labute approximate surface area is 212 Å². The van der Waals surface area contributed by atoms with E-state index in [2.05, 4.69) is 75.8 Å². The minimum Gasteiger partial charge on any atom is -0.315 e. The van der Waals surface area contributed by atoms with Crippen LogP contribution in [0.1, 0.15) is 40.0 Å². The molecule has 0 bridgehead atoms. The van der Waals surface area contributed by atoms with Crippen molar-refractivity contribution in [3.8, 4) is 6.07 Å². The molecule has 1 fully saturated rings. The van der Waals surface area contributed by atoms with E-state index in [1.807, 2.05) is 6.07 Å². The third-order valence-corrected chi connectivity index (χ3v) is 8.32. The number of amides is 1. The summed E-state index contributed by atoms with van der Waals surface area (Å²) < 4.78 is 0. The molecule has 180 valence electrons. The standard InChI is InChI=1S/C29H32N4OS/c30-18-26-25-13-16-33(19-24-9-5-2-6-10-24)20-27(25)35-29(26)31-28(34)21-32-14-11-23(12-15-32)17-22-7-3-1-4-8-22/h1-10,23H,11-17,19-21H2,(H,31,34). The monoisotopic (exact) mass is 484 g/mol. The highest BCUT2D eigenvalue weighted by atomic mass is 32.1. The van der Waals surface area contributed by atoms with Gasteiger partial charge in [0.2, 0.25) is 5.91 Å². The Morgan fingerprint density at radius 2 is 1.66 bits per heavy atom. The molecule has 5 nitrogen and oxygen atoms in total. The average molecular weight is 485 g/mol. The van der Waals surface area contributed by atoms with Crippen molar-refractivity contribution in [2.75, 3.05) is 31.5 Å². The number of carbonyl (C=O) groups excluding carboxylic acids is 1. The fourth-order valence-corrected chi connectivity index (χ4v) is 6.56. The van der Waals surface area contributed by atoms with Crippen molar-refractivity contribution < 1.29 is 4.79 Å². The number of thiophene rings is 1. The number of anilines is 1. The number of nitrogens with zero attached hydrogens (tertiary/aromatic N) is 3. The number of nitrogens with one attached hydrogen (secondary N) is 1. The molecule has 2 aromatic carbocycles. The molecule has 3 aromatic rings. The van der Waals surface area contributed by atoms with Crippen LogP contribution in [0.15, 0.2) is 60.7 Å². The van der Waals surface area contributed by atoms with Crippen LogP contribution in [0.2, 0.25) is 0 Å². The Kier molecular flexibility index (Phi) is 7.58. The lowest BCUT2D eigenvalue weighted by Gasteiger charge is -2.31. The summed E-state index contributed by atoms with van der Waals surface area (Å²) in [6, 6.07) is 23.5. The second-order valence-corrected chi connectivity index (χ2v) is 10.8. The molecule has 0 radical (unpaired) electrons. The summed E-state index contributed by atoms with van der Waals surface area (Å²) in [6.07, 6.45) is 4.22. The molecular weight excluding hydrogens is 452 g/mol. The number of hydrogen-bond acceptors (Lipinski definition) is 5. The first-order valence-corrected chi connectivity index (χ1v) is 13.4. The van der Waals surface area contributed by atoms with Crippen LogP contribution in [0.5, 0.6) is 0 Å². The van der Waals surface area contributed by atoms with E-state index in [9.17, 15) is 10.1 Å². The zero-order valence-corrected chi connectivity index (χ0v) is 20.9. The number of rotatable bonds is 7. The molecule has 1 saturated heterocycles. The first kappa shape index (κ1) is 23.7. The molecule has 0 atom stereocenters. The third kappa shape index (κ3) is 5.99. The molecule has 0 aliphatic carbocycles. The predicted molar refractivity (Wildman–Crippen MR) is 141 cm³/mol. The molecule has 0 saturated carbocycles. The van der Waals surface area contributed by atoms with Crippen LogP contribution in [-0.2, 0) is 30.7 Å². The number of fused-ring (bicyclic) bond motifs is 1. The largest absolute Gasteiger partial charge is 0.315 e. The van der Waals surface area contributed by atoms with E-state index in [0.717, 1.165) is 69.0 Å². The maximum atomic E-state index is 12.9. The quantitative estimate of drug-likeness (QED) is 0.509. The second-order valence-electron chi connectivity index (χ2n) is 9.72. The summed E-state index contributed by atoms with van der Waals surface area (Å²) in [7, 11) is 0. The summed E-state index contributed by atoms with van der Waals surface area (Å²) >= 11 is 1.58. The van der Waals surface area contributed by atoms with Gasteiger partial charge in [-0.3, -0.25) is 14.6 Å². The number of hydrogen-bond donors (Lipinski definition) is 1. The second kappa shape index (κ2) is 11.2. The number of benzene rings is 2. The molecule has 6 heteroatoms. The summed E-state index contributed by atoms with van der Waals surface area (Å²) in [5.74, 6) is 0.674. The molecule has 0 unspecified atom stereocenters. The molecule has 1 amide bonds. The van der Waals surface area contributed by atoms with Crippen LogP contribution >= 0.6 is 11.3 Å². The van der Waals surface area contributed by atoms with Gasteiger partial charge in [0.15, 0.2) is 0 Å². The first-order chi connectivity index (χ1) is 17.2. The van der Waals surface area contributed by atoms with Gasteiger partial charge in [-0.15, -0.1) is 11.3 Å². The van der Waals surface area contributed by atoms with Gasteiger partial charge in [-0.05, 0) is 61.4 Å². The Morgan fingerprint density at radius 1 is 0.971 bits per heavy atom. The van der Waals surface area contributed by atoms with Crippen LogP contribution in [-0.4, -0.2) is 41.9 Å². The van der Waals surface area contributed by atoms with Crippen LogP contribution in [0.4, 0.5) is 5.00 Å². The smallest absolute Gasteiger partial charge is 0.239 e. The minimum atomic E-state index is -0.0113. The van der Waals surface area contributed by atoms with Crippen molar-refractivity contribution in [3.05, 3.63) is 87.8 Å². The Morgan fingerprint density at radius 3 is 2.34 bits per heavy atom. The molecule has 5 rings (SSSR count). The van der Waals surface area contributed by atoms with Gasteiger partial charge < -0.3 is 5.32 Å². The van der Waals surface area contributed by atoms with Gasteiger partial charge in [0, 0.05) is 24.5 Å². The van der Waals surface area contributed by atoms with Gasteiger partial charge in [-0.1, -0.05) is 60.7 Å². The highest BCUT2D eigenvalue weighted by molar-refractivity contribution is 7.16. The van der Waals surface area contributed by atoms with Crippen LogP contribution < -0.4 is 5.32 Å². The van der Waals surface area contributed by atoms with E-state index in [1.165, 1.54) is 16.0 Å².